The molecule has 2 aliphatic rings. The molecule has 0 N–H and O–H groups in total. The SMILES string of the molecule is [Li][CH]1C([Si](C2=Cc3ccccc3[CH]2[Li])([Si](C)(C)C)[Si](C)(C)C)=Cc2ccccc21. The van der Waals surface area contributed by atoms with Crippen molar-refractivity contribution >= 4 is 69.9 Å². The molecule has 0 spiro atoms. The Bertz CT molecular complexity index is 941. The van der Waals surface area contributed by atoms with E-state index < -0.39 is 22.3 Å². The van der Waals surface area contributed by atoms with Crippen LogP contribution < -0.4 is 0 Å². The van der Waals surface area contributed by atoms with Gasteiger partial charge in [-0.25, -0.2) is 0 Å². The van der Waals surface area contributed by atoms with Crippen LogP contribution in [0.1, 0.15) is 31.4 Å². The Morgan fingerprint density at radius 2 is 0.931 bits per heavy atom. The van der Waals surface area contributed by atoms with Crippen molar-refractivity contribution in [2.75, 3.05) is 0 Å². The molecule has 2 unspecified atom stereocenters. The van der Waals surface area contributed by atoms with Crippen molar-refractivity contribution in [3.63, 3.8) is 0 Å². The van der Waals surface area contributed by atoms with Gasteiger partial charge in [0.25, 0.3) is 0 Å². The minimum absolute atomic E-state index is 0.563. The summed E-state index contributed by atoms with van der Waals surface area (Å²) in [6.45, 7) is 16.1. The van der Waals surface area contributed by atoms with E-state index in [4.69, 9.17) is 0 Å². The fourth-order valence-corrected chi connectivity index (χ4v) is 56.1. The fraction of sp³-hybridized carbons (Fsp3) is 0.333. The number of rotatable bonds is 4. The van der Waals surface area contributed by atoms with E-state index in [-0.39, 0.29) is 0 Å². The molecule has 0 fully saturated rings. The van der Waals surface area contributed by atoms with Crippen molar-refractivity contribution in [2.45, 2.75) is 48.5 Å². The molecule has 2 aromatic carbocycles. The third-order valence-corrected chi connectivity index (χ3v) is 45.4. The number of hydrogen-bond donors (Lipinski definition) is 0. The fourth-order valence-electron chi connectivity index (χ4n) is 6.88. The molecule has 0 nitrogen and oxygen atoms in total. The molecule has 2 aliphatic carbocycles. The topological polar surface area (TPSA) is 0 Å². The summed E-state index contributed by atoms with van der Waals surface area (Å²) in [5.41, 5.74) is 6.07. The first-order valence-electron chi connectivity index (χ1n) is 11.1. The van der Waals surface area contributed by atoms with E-state index >= 15 is 0 Å². The molecule has 4 rings (SSSR count). The van der Waals surface area contributed by atoms with Crippen LogP contribution in [0.15, 0.2) is 58.9 Å². The first kappa shape index (κ1) is 22.0. The van der Waals surface area contributed by atoms with E-state index in [1.54, 1.807) is 11.1 Å². The zero-order valence-corrected chi connectivity index (χ0v) is 22.4. The van der Waals surface area contributed by atoms with Crippen LogP contribution in [-0.2, 0) is 0 Å². The van der Waals surface area contributed by atoms with Crippen molar-refractivity contribution in [3.8, 4) is 0 Å². The number of hydrogen-bond acceptors (Lipinski definition) is 0. The Balaban J connectivity index is 2.02. The summed E-state index contributed by atoms with van der Waals surface area (Å²) in [5, 5.41) is 3.70. The van der Waals surface area contributed by atoms with Gasteiger partial charge < -0.3 is 0 Å². The molecule has 2 atom stereocenters. The summed E-state index contributed by atoms with van der Waals surface area (Å²) in [5.74, 6) is 0. The van der Waals surface area contributed by atoms with Gasteiger partial charge in [0.1, 0.15) is 0 Å². The van der Waals surface area contributed by atoms with Gasteiger partial charge in [-0.2, -0.15) is 0 Å². The summed E-state index contributed by atoms with van der Waals surface area (Å²) in [7, 11) is -4.85. The maximum absolute atomic E-state index is 2.69. The Hall–Kier alpha value is -0.235. The van der Waals surface area contributed by atoms with Crippen LogP contribution in [0, 0.1) is 0 Å². The van der Waals surface area contributed by atoms with Crippen LogP contribution in [0.25, 0.3) is 12.2 Å². The molecule has 2 aromatic rings. The molecule has 0 aromatic heterocycles. The van der Waals surface area contributed by atoms with Gasteiger partial charge in [0.2, 0.25) is 0 Å². The quantitative estimate of drug-likeness (QED) is 0.540. The van der Waals surface area contributed by atoms with Gasteiger partial charge in [0.15, 0.2) is 0 Å². The van der Waals surface area contributed by atoms with E-state index in [0.717, 1.165) is 0 Å². The second-order valence-corrected chi connectivity index (χ2v) is 37.8. The average Bonchev–Trinajstić information content (AvgIpc) is 3.13. The Morgan fingerprint density at radius 1 is 0.586 bits per heavy atom. The van der Waals surface area contributed by atoms with Gasteiger partial charge in [-0.05, 0) is 0 Å². The van der Waals surface area contributed by atoms with Gasteiger partial charge in [-0.15, -0.1) is 0 Å². The predicted octanol–water partition coefficient (Wildman–Crippen LogP) is 5.96. The van der Waals surface area contributed by atoms with Crippen molar-refractivity contribution < 1.29 is 0 Å². The molecule has 0 amide bonds. The summed E-state index contributed by atoms with van der Waals surface area (Å²) in [4.78, 5) is 0. The van der Waals surface area contributed by atoms with Crippen LogP contribution in [0.2, 0.25) is 39.3 Å². The van der Waals surface area contributed by atoms with E-state index in [1.807, 2.05) is 10.4 Å². The summed E-state index contributed by atoms with van der Waals surface area (Å²) in [6, 6.07) is 18.3. The van der Waals surface area contributed by atoms with Crippen LogP contribution in [0.5, 0.6) is 0 Å². The van der Waals surface area contributed by atoms with Gasteiger partial charge in [-0.1, -0.05) is 0 Å². The van der Waals surface area contributed by atoms with Crippen molar-refractivity contribution in [1.29, 1.82) is 0 Å². The number of benzene rings is 2. The van der Waals surface area contributed by atoms with E-state index in [9.17, 15) is 0 Å². The number of fused-ring (bicyclic) bond motifs is 2. The average molecular weight is 417 g/mol. The third-order valence-electron chi connectivity index (χ3n) is 7.60. The van der Waals surface area contributed by atoms with Crippen LogP contribution >= 0.6 is 0 Å². The molecule has 0 bridgehead atoms. The van der Waals surface area contributed by atoms with Crippen LogP contribution in [-0.4, -0.2) is 57.7 Å². The Kier molecular flexibility index (Phi) is 5.63. The monoisotopic (exact) mass is 416 g/mol. The molecular weight excluding hydrogens is 386 g/mol. The van der Waals surface area contributed by atoms with Crippen molar-refractivity contribution in [1.82, 2.24) is 0 Å². The Labute approximate surface area is 198 Å². The second kappa shape index (κ2) is 7.42. The molecular formula is C24H30Li2Si3. The standard InChI is InChI=1S/C24H30Si3.2Li/c1-25(2,3)27(26(4,5)6,23-15-19-11-7-8-12-20(19)16-23)24-17-21-13-9-10-14-22(21)18-24;;/h7-18H,1-6H3;;. The molecule has 0 saturated carbocycles. The van der Waals surface area contributed by atoms with Crippen molar-refractivity contribution in [3.05, 3.63) is 81.2 Å². The molecule has 0 heterocycles. The molecule has 29 heavy (non-hydrogen) atoms. The minimum atomic E-state index is -1.85. The molecule has 0 aliphatic heterocycles. The van der Waals surface area contributed by atoms with Gasteiger partial charge in [0, 0.05) is 0 Å². The third kappa shape index (κ3) is 3.21. The summed E-state index contributed by atoms with van der Waals surface area (Å²) in [6.07, 6.45) is 5.30. The van der Waals surface area contributed by atoms with E-state index in [1.165, 1.54) is 11.1 Å². The van der Waals surface area contributed by atoms with Gasteiger partial charge in [0.05, 0.1) is 0 Å². The Morgan fingerprint density at radius 3 is 1.24 bits per heavy atom. The van der Waals surface area contributed by atoms with E-state index in [0.29, 0.717) is 9.18 Å². The molecule has 0 radical (unpaired) electrons. The summed E-state index contributed by atoms with van der Waals surface area (Å²) < 4.78 is 1.13. The zero-order chi connectivity index (χ0) is 21.2. The zero-order valence-electron chi connectivity index (χ0n) is 19.4. The first-order valence-corrected chi connectivity index (χ1v) is 22.1. The van der Waals surface area contributed by atoms with Gasteiger partial charge >= 0.3 is 200 Å². The van der Waals surface area contributed by atoms with Crippen LogP contribution in [0.4, 0.5) is 0 Å². The first-order chi connectivity index (χ1) is 13.5. The second-order valence-electron chi connectivity index (χ2n) is 11.2. The summed E-state index contributed by atoms with van der Waals surface area (Å²) >= 11 is 4.99. The predicted molar refractivity (Wildman–Crippen MR) is 138 cm³/mol. The normalized spacial score (nSPS) is 21.6. The van der Waals surface area contributed by atoms with Crippen LogP contribution in [0.3, 0.4) is 0 Å². The molecule has 140 valence electrons. The maximum atomic E-state index is 2.69. The van der Waals surface area contributed by atoms with E-state index in [2.05, 4.69) is 135 Å². The van der Waals surface area contributed by atoms with Crippen molar-refractivity contribution in [2.24, 2.45) is 0 Å². The van der Waals surface area contributed by atoms with Gasteiger partial charge in [-0.3, -0.25) is 0 Å². The number of allylic oxidation sites excluding steroid dienone is 2. The molecule has 0 saturated heterocycles. The molecule has 5 heteroatoms.